The lowest BCUT2D eigenvalue weighted by atomic mass is 9.86. The quantitative estimate of drug-likeness (QED) is 0.640. The molecule has 3 heterocycles. The third kappa shape index (κ3) is 3.04. The second kappa shape index (κ2) is 7.56. The number of nitrogens with zero attached hydrogens (tertiary/aromatic N) is 2. The van der Waals surface area contributed by atoms with Gasteiger partial charge < -0.3 is 19.5 Å². The molecule has 0 bridgehead atoms. The van der Waals surface area contributed by atoms with E-state index in [1.54, 1.807) is 16.9 Å². The van der Waals surface area contributed by atoms with Crippen molar-refractivity contribution in [1.82, 2.24) is 14.8 Å². The summed E-state index contributed by atoms with van der Waals surface area (Å²) >= 11 is 3.55. The fraction of sp³-hybridized carbons (Fsp3) is 0.304. The first-order valence-electron chi connectivity index (χ1n) is 10.0. The first-order valence-corrected chi connectivity index (χ1v) is 10.8. The first-order chi connectivity index (χ1) is 14.6. The molecular formula is C23H22BrN3O3. The van der Waals surface area contributed by atoms with Gasteiger partial charge in [0.15, 0.2) is 0 Å². The van der Waals surface area contributed by atoms with E-state index in [1.165, 1.54) is 0 Å². The predicted molar refractivity (Wildman–Crippen MR) is 117 cm³/mol. The average Bonchev–Trinajstić information content (AvgIpc) is 3.12. The van der Waals surface area contributed by atoms with Gasteiger partial charge >= 0.3 is 0 Å². The molecule has 0 saturated carbocycles. The highest BCUT2D eigenvalue weighted by Crippen LogP contribution is 2.42. The molecule has 30 heavy (non-hydrogen) atoms. The summed E-state index contributed by atoms with van der Waals surface area (Å²) in [5, 5.41) is 1.11. The molecule has 0 aliphatic carbocycles. The van der Waals surface area contributed by atoms with Crippen LogP contribution in [0, 0.1) is 0 Å². The highest BCUT2D eigenvalue weighted by molar-refractivity contribution is 9.10. The number of para-hydroxylation sites is 1. The molecule has 2 aliphatic rings. The molecule has 7 heteroatoms. The number of hydrogen-bond acceptors (Lipinski definition) is 3. The van der Waals surface area contributed by atoms with Crippen LogP contribution in [0.4, 0.5) is 0 Å². The number of benzene rings is 2. The number of nitrogens with one attached hydrogen (secondary N) is 1. The molecule has 0 spiro atoms. The number of aromatic amines is 1. The molecule has 5 rings (SSSR count). The molecule has 2 amide bonds. The lowest BCUT2D eigenvalue weighted by Gasteiger charge is -2.47. The maximum absolute atomic E-state index is 13.4. The number of rotatable bonds is 4. The summed E-state index contributed by atoms with van der Waals surface area (Å²) in [4.78, 5) is 33.6. The number of amides is 2. The maximum atomic E-state index is 13.4. The fourth-order valence-corrected chi connectivity index (χ4v) is 5.15. The Kier molecular flexibility index (Phi) is 4.87. The number of carbonyl (C=O) groups is 2. The Morgan fingerprint density at radius 2 is 2.00 bits per heavy atom. The van der Waals surface area contributed by atoms with E-state index in [0.29, 0.717) is 19.6 Å². The van der Waals surface area contributed by atoms with Crippen LogP contribution in [0.2, 0.25) is 0 Å². The Bertz CT molecular complexity index is 1140. The molecule has 2 aliphatic heterocycles. The van der Waals surface area contributed by atoms with E-state index < -0.39 is 6.04 Å². The fourth-order valence-electron chi connectivity index (χ4n) is 4.74. The van der Waals surface area contributed by atoms with Gasteiger partial charge in [0.2, 0.25) is 11.8 Å². The van der Waals surface area contributed by atoms with Gasteiger partial charge in [-0.2, -0.15) is 0 Å². The van der Waals surface area contributed by atoms with E-state index >= 15 is 0 Å². The predicted octanol–water partition coefficient (Wildman–Crippen LogP) is 3.26. The summed E-state index contributed by atoms with van der Waals surface area (Å²) in [6.07, 6.45) is 0.512. The number of aromatic nitrogens is 1. The Balaban J connectivity index is 1.67. The number of methoxy groups -OCH3 is 1. The normalized spacial score (nSPS) is 21.1. The monoisotopic (exact) mass is 467 g/mol. The van der Waals surface area contributed by atoms with Crippen LogP contribution in [0.3, 0.4) is 0 Å². The Morgan fingerprint density at radius 3 is 2.80 bits per heavy atom. The van der Waals surface area contributed by atoms with E-state index in [2.05, 4.69) is 27.0 Å². The van der Waals surface area contributed by atoms with Gasteiger partial charge in [-0.25, -0.2) is 0 Å². The molecule has 2 aromatic carbocycles. The highest BCUT2D eigenvalue weighted by atomic mass is 79.9. The topological polar surface area (TPSA) is 65.6 Å². The summed E-state index contributed by atoms with van der Waals surface area (Å²) in [6.45, 7) is 0.922. The molecule has 0 radical (unpaired) electrons. The van der Waals surface area contributed by atoms with Gasteiger partial charge in [-0.05, 0) is 29.3 Å². The Hall–Kier alpha value is -2.64. The number of fused-ring (bicyclic) bond motifs is 4. The van der Waals surface area contributed by atoms with Gasteiger partial charge in [-0.15, -0.1) is 0 Å². The van der Waals surface area contributed by atoms with Gasteiger partial charge in [0.25, 0.3) is 0 Å². The van der Waals surface area contributed by atoms with Crippen LogP contribution >= 0.6 is 15.9 Å². The largest absolute Gasteiger partial charge is 0.383 e. The smallest absolute Gasteiger partial charge is 0.246 e. The molecule has 2 unspecified atom stereocenters. The minimum absolute atomic E-state index is 0.0115. The van der Waals surface area contributed by atoms with Crippen molar-refractivity contribution in [2.45, 2.75) is 18.5 Å². The van der Waals surface area contributed by atoms with Gasteiger partial charge in [0, 0.05) is 41.1 Å². The van der Waals surface area contributed by atoms with Crippen molar-refractivity contribution in [3.8, 4) is 0 Å². The minimum atomic E-state index is -0.515. The number of carbonyl (C=O) groups excluding carboxylic acids is 2. The molecule has 2 atom stereocenters. The number of H-pyrrole nitrogens is 1. The number of halogens is 1. The van der Waals surface area contributed by atoms with Crippen LogP contribution in [0.15, 0.2) is 53.0 Å². The van der Waals surface area contributed by atoms with Crippen molar-refractivity contribution in [3.63, 3.8) is 0 Å². The summed E-state index contributed by atoms with van der Waals surface area (Å²) in [6, 6.07) is 15.3. The van der Waals surface area contributed by atoms with E-state index in [4.69, 9.17) is 4.74 Å². The van der Waals surface area contributed by atoms with Crippen molar-refractivity contribution < 1.29 is 14.3 Å². The molecule has 6 nitrogen and oxygen atoms in total. The first kappa shape index (κ1) is 19.3. The van der Waals surface area contributed by atoms with Crippen molar-refractivity contribution >= 4 is 38.6 Å². The second-order valence-corrected chi connectivity index (χ2v) is 8.71. The molecule has 1 saturated heterocycles. The summed E-state index contributed by atoms with van der Waals surface area (Å²) in [5.41, 5.74) is 4.12. The zero-order valence-electron chi connectivity index (χ0n) is 16.6. The minimum Gasteiger partial charge on any atom is -0.383 e. The molecule has 1 N–H and O–H groups in total. The van der Waals surface area contributed by atoms with Crippen molar-refractivity contribution in [1.29, 1.82) is 0 Å². The van der Waals surface area contributed by atoms with Crippen LogP contribution in [-0.4, -0.2) is 59.4 Å². The molecule has 154 valence electrons. The van der Waals surface area contributed by atoms with Gasteiger partial charge in [0.05, 0.1) is 19.2 Å². The van der Waals surface area contributed by atoms with Crippen molar-refractivity contribution in [2.75, 3.05) is 26.8 Å². The zero-order chi connectivity index (χ0) is 20.8. The van der Waals surface area contributed by atoms with Crippen LogP contribution in [0.5, 0.6) is 0 Å². The van der Waals surface area contributed by atoms with Gasteiger partial charge in [0.1, 0.15) is 6.04 Å². The molecule has 1 aromatic heterocycles. The summed E-state index contributed by atoms with van der Waals surface area (Å²) in [5.74, 6) is -0.0486. The SMILES string of the molecule is COCCN1CC(=O)N2C(Cc3c([nH]c4ccccc34)C2c2cccc(Br)c2)C1=O. The second-order valence-electron chi connectivity index (χ2n) is 7.79. The summed E-state index contributed by atoms with van der Waals surface area (Å²) < 4.78 is 6.08. The molecule has 3 aromatic rings. The number of ether oxygens (including phenoxy) is 1. The lowest BCUT2D eigenvalue weighted by molar-refractivity contribution is -0.159. The van der Waals surface area contributed by atoms with Crippen LogP contribution in [0.1, 0.15) is 22.9 Å². The van der Waals surface area contributed by atoms with Crippen molar-refractivity contribution in [2.24, 2.45) is 0 Å². The maximum Gasteiger partial charge on any atom is 0.246 e. The lowest BCUT2D eigenvalue weighted by Crippen LogP contribution is -2.63. The van der Waals surface area contributed by atoms with Crippen LogP contribution in [-0.2, 0) is 20.7 Å². The molecule has 1 fully saturated rings. The van der Waals surface area contributed by atoms with Crippen LogP contribution in [0.25, 0.3) is 10.9 Å². The standard InChI is InChI=1S/C23H22BrN3O3/c1-30-10-9-26-13-20(28)27-19(23(26)29)12-17-16-7-2-3-8-18(16)25-21(17)22(27)14-5-4-6-15(24)11-14/h2-8,11,19,22,25H,9-10,12-13H2,1H3. The summed E-state index contributed by atoms with van der Waals surface area (Å²) in [7, 11) is 1.60. The van der Waals surface area contributed by atoms with E-state index in [1.807, 2.05) is 42.5 Å². The van der Waals surface area contributed by atoms with Crippen LogP contribution < -0.4 is 0 Å². The zero-order valence-corrected chi connectivity index (χ0v) is 18.2. The third-order valence-electron chi connectivity index (χ3n) is 6.07. The number of hydrogen-bond donors (Lipinski definition) is 1. The third-order valence-corrected chi connectivity index (χ3v) is 6.57. The Labute approximate surface area is 182 Å². The van der Waals surface area contributed by atoms with E-state index in [0.717, 1.165) is 32.2 Å². The van der Waals surface area contributed by atoms with Gasteiger partial charge in [-0.1, -0.05) is 46.3 Å². The number of piperazine rings is 1. The van der Waals surface area contributed by atoms with E-state index in [-0.39, 0.29) is 24.4 Å². The van der Waals surface area contributed by atoms with Crippen molar-refractivity contribution in [3.05, 3.63) is 69.8 Å². The highest BCUT2D eigenvalue weighted by Gasteiger charge is 2.48. The van der Waals surface area contributed by atoms with Gasteiger partial charge in [-0.3, -0.25) is 9.59 Å². The Morgan fingerprint density at radius 1 is 1.17 bits per heavy atom. The molecular weight excluding hydrogens is 446 g/mol. The van der Waals surface area contributed by atoms with E-state index in [9.17, 15) is 9.59 Å². The average molecular weight is 468 g/mol.